The second-order valence-corrected chi connectivity index (χ2v) is 4.27. The lowest BCUT2D eigenvalue weighted by molar-refractivity contribution is 0.0600. The highest BCUT2D eigenvalue weighted by Gasteiger charge is 2.04. The van der Waals surface area contributed by atoms with Crippen molar-refractivity contribution in [2.45, 2.75) is 6.54 Å². The van der Waals surface area contributed by atoms with E-state index in [1.54, 1.807) is 19.2 Å². The van der Waals surface area contributed by atoms with Crippen molar-refractivity contribution < 1.29 is 14.3 Å². The lowest BCUT2D eigenvalue weighted by Crippen LogP contribution is -2.03. The van der Waals surface area contributed by atoms with Crippen LogP contribution in [0.3, 0.4) is 0 Å². The molecule has 0 atom stereocenters. The number of ether oxygens (including phenoxy) is 2. The molecule has 20 heavy (non-hydrogen) atoms. The Morgan fingerprint density at radius 1 is 1.10 bits per heavy atom. The fourth-order valence-electron chi connectivity index (χ4n) is 1.81. The van der Waals surface area contributed by atoms with Crippen molar-refractivity contribution >= 4 is 11.7 Å². The summed E-state index contributed by atoms with van der Waals surface area (Å²) in [6, 6.07) is 15.1. The summed E-state index contributed by atoms with van der Waals surface area (Å²) in [7, 11) is 3.02. The lowest BCUT2D eigenvalue weighted by atomic mass is 10.1. The van der Waals surface area contributed by atoms with Crippen LogP contribution in [0, 0.1) is 0 Å². The van der Waals surface area contributed by atoms with Crippen LogP contribution in [0.15, 0.2) is 48.5 Å². The minimum absolute atomic E-state index is 0.322. The first-order valence-corrected chi connectivity index (χ1v) is 6.28. The van der Waals surface area contributed by atoms with Gasteiger partial charge in [0.15, 0.2) is 0 Å². The molecule has 0 aliphatic rings. The number of rotatable bonds is 5. The maximum Gasteiger partial charge on any atom is 0.337 e. The monoisotopic (exact) mass is 271 g/mol. The Morgan fingerprint density at radius 3 is 2.50 bits per heavy atom. The number of hydrogen-bond acceptors (Lipinski definition) is 4. The average molecular weight is 271 g/mol. The summed E-state index contributed by atoms with van der Waals surface area (Å²) in [6.45, 7) is 0.675. The summed E-state index contributed by atoms with van der Waals surface area (Å²) in [6.07, 6.45) is 0. The highest BCUT2D eigenvalue weighted by atomic mass is 16.5. The number of hydrogen-bond donors (Lipinski definition) is 1. The van der Waals surface area contributed by atoms with Crippen LogP contribution in [0.2, 0.25) is 0 Å². The van der Waals surface area contributed by atoms with Crippen molar-refractivity contribution in [3.8, 4) is 5.75 Å². The molecule has 4 nitrogen and oxygen atoms in total. The Morgan fingerprint density at radius 2 is 1.85 bits per heavy atom. The predicted molar refractivity (Wildman–Crippen MR) is 78.1 cm³/mol. The van der Waals surface area contributed by atoms with Gasteiger partial charge in [-0.05, 0) is 29.8 Å². The molecule has 0 spiro atoms. The van der Waals surface area contributed by atoms with Crippen LogP contribution in [0.4, 0.5) is 5.69 Å². The number of carbonyl (C=O) groups excluding carboxylic acids is 1. The van der Waals surface area contributed by atoms with Gasteiger partial charge in [0.2, 0.25) is 0 Å². The first-order chi connectivity index (χ1) is 9.72. The summed E-state index contributed by atoms with van der Waals surface area (Å²) in [4.78, 5) is 11.3. The Bertz CT molecular complexity index is 579. The zero-order valence-corrected chi connectivity index (χ0v) is 11.6. The summed E-state index contributed by atoms with van der Waals surface area (Å²) in [5.41, 5.74) is 2.62. The van der Waals surface area contributed by atoms with E-state index in [0.29, 0.717) is 12.1 Å². The molecular formula is C16H17NO3. The number of benzene rings is 2. The Balaban J connectivity index is 1.98. The van der Waals surface area contributed by atoms with Crippen LogP contribution in [-0.4, -0.2) is 20.2 Å². The van der Waals surface area contributed by atoms with Crippen molar-refractivity contribution in [3.63, 3.8) is 0 Å². The third-order valence-electron chi connectivity index (χ3n) is 2.94. The third kappa shape index (κ3) is 3.51. The van der Waals surface area contributed by atoms with Crippen LogP contribution in [-0.2, 0) is 11.3 Å². The SMILES string of the molecule is COC(=O)c1ccc(CNc2cccc(OC)c2)cc1. The summed E-state index contributed by atoms with van der Waals surface area (Å²) in [5.74, 6) is 0.494. The average Bonchev–Trinajstić information content (AvgIpc) is 2.53. The predicted octanol–water partition coefficient (Wildman–Crippen LogP) is 3.09. The summed E-state index contributed by atoms with van der Waals surface area (Å²) < 4.78 is 9.83. The van der Waals surface area contributed by atoms with E-state index in [4.69, 9.17) is 4.74 Å². The van der Waals surface area contributed by atoms with Crippen molar-refractivity contribution in [1.82, 2.24) is 0 Å². The molecule has 0 saturated carbocycles. The summed E-state index contributed by atoms with van der Waals surface area (Å²) >= 11 is 0. The summed E-state index contributed by atoms with van der Waals surface area (Å²) in [5, 5.41) is 3.30. The largest absolute Gasteiger partial charge is 0.497 e. The second-order valence-electron chi connectivity index (χ2n) is 4.27. The topological polar surface area (TPSA) is 47.6 Å². The fraction of sp³-hybridized carbons (Fsp3) is 0.188. The molecule has 0 heterocycles. The molecule has 0 amide bonds. The second kappa shape index (κ2) is 6.61. The fourth-order valence-corrected chi connectivity index (χ4v) is 1.81. The van der Waals surface area contributed by atoms with Crippen molar-refractivity contribution in [1.29, 1.82) is 0 Å². The van der Waals surface area contributed by atoms with Gasteiger partial charge in [-0.2, -0.15) is 0 Å². The standard InChI is InChI=1S/C16H17NO3/c1-19-15-5-3-4-14(10-15)17-11-12-6-8-13(9-7-12)16(18)20-2/h3-10,17H,11H2,1-2H3. The molecule has 0 fully saturated rings. The normalized spacial score (nSPS) is 9.90. The molecule has 0 radical (unpaired) electrons. The van der Waals surface area contributed by atoms with Crippen molar-refractivity contribution in [3.05, 3.63) is 59.7 Å². The van der Waals surface area contributed by atoms with Crippen LogP contribution in [0.25, 0.3) is 0 Å². The highest BCUT2D eigenvalue weighted by molar-refractivity contribution is 5.89. The Kier molecular flexibility index (Phi) is 4.60. The maximum absolute atomic E-state index is 11.3. The molecule has 0 aromatic heterocycles. The Hall–Kier alpha value is -2.49. The van der Waals surface area contributed by atoms with Gasteiger partial charge in [0.1, 0.15) is 5.75 Å². The van der Waals surface area contributed by atoms with E-state index in [-0.39, 0.29) is 5.97 Å². The minimum Gasteiger partial charge on any atom is -0.497 e. The number of esters is 1. The van der Waals surface area contributed by atoms with Gasteiger partial charge in [-0.3, -0.25) is 0 Å². The molecule has 2 rings (SSSR count). The Labute approximate surface area is 118 Å². The van der Waals surface area contributed by atoms with Gasteiger partial charge in [0, 0.05) is 18.3 Å². The van der Waals surface area contributed by atoms with Gasteiger partial charge in [0.25, 0.3) is 0 Å². The van der Waals surface area contributed by atoms with E-state index < -0.39 is 0 Å². The van der Waals surface area contributed by atoms with E-state index in [1.807, 2.05) is 36.4 Å². The lowest BCUT2D eigenvalue weighted by Gasteiger charge is -2.08. The van der Waals surface area contributed by atoms with Gasteiger partial charge < -0.3 is 14.8 Å². The van der Waals surface area contributed by atoms with Crippen molar-refractivity contribution in [2.24, 2.45) is 0 Å². The number of methoxy groups -OCH3 is 2. The van der Waals surface area contributed by atoms with Gasteiger partial charge in [-0.1, -0.05) is 18.2 Å². The molecular weight excluding hydrogens is 254 g/mol. The number of carbonyl (C=O) groups is 1. The van der Waals surface area contributed by atoms with E-state index in [9.17, 15) is 4.79 Å². The highest BCUT2D eigenvalue weighted by Crippen LogP contribution is 2.17. The number of nitrogens with one attached hydrogen (secondary N) is 1. The molecule has 0 bridgehead atoms. The smallest absolute Gasteiger partial charge is 0.337 e. The van der Waals surface area contributed by atoms with E-state index in [2.05, 4.69) is 10.1 Å². The van der Waals surface area contributed by atoms with Gasteiger partial charge in [-0.15, -0.1) is 0 Å². The van der Waals surface area contributed by atoms with Crippen LogP contribution in [0.1, 0.15) is 15.9 Å². The van der Waals surface area contributed by atoms with Gasteiger partial charge >= 0.3 is 5.97 Å². The minimum atomic E-state index is -0.322. The molecule has 0 aliphatic carbocycles. The molecule has 0 saturated heterocycles. The molecule has 1 N–H and O–H groups in total. The molecule has 2 aromatic rings. The number of anilines is 1. The van der Waals surface area contributed by atoms with Gasteiger partial charge in [0.05, 0.1) is 19.8 Å². The van der Waals surface area contributed by atoms with E-state index in [0.717, 1.165) is 17.0 Å². The zero-order valence-electron chi connectivity index (χ0n) is 11.6. The first-order valence-electron chi connectivity index (χ1n) is 6.28. The molecule has 0 aliphatic heterocycles. The third-order valence-corrected chi connectivity index (χ3v) is 2.94. The van der Waals surface area contributed by atoms with Crippen LogP contribution >= 0.6 is 0 Å². The molecule has 4 heteroatoms. The first kappa shape index (κ1) is 13.9. The maximum atomic E-state index is 11.3. The molecule has 104 valence electrons. The van der Waals surface area contributed by atoms with Crippen LogP contribution in [0.5, 0.6) is 5.75 Å². The molecule has 2 aromatic carbocycles. The molecule has 0 unspecified atom stereocenters. The van der Waals surface area contributed by atoms with Crippen molar-refractivity contribution in [2.75, 3.05) is 19.5 Å². The van der Waals surface area contributed by atoms with Gasteiger partial charge in [-0.25, -0.2) is 4.79 Å². The zero-order chi connectivity index (χ0) is 14.4. The van der Waals surface area contributed by atoms with E-state index >= 15 is 0 Å². The quantitative estimate of drug-likeness (QED) is 0.849. The van der Waals surface area contributed by atoms with E-state index in [1.165, 1.54) is 7.11 Å². The van der Waals surface area contributed by atoms with Crippen LogP contribution < -0.4 is 10.1 Å².